The Morgan fingerprint density at radius 1 is 1.09 bits per heavy atom. The third-order valence-electron chi connectivity index (χ3n) is 3.07. The third kappa shape index (κ3) is 26.6. The summed E-state index contributed by atoms with van der Waals surface area (Å²) in [5.74, 6) is -0.0669. The first-order valence-electron chi connectivity index (χ1n) is 10.7. The first-order valence-corrected chi connectivity index (χ1v) is 10.7. The first kappa shape index (κ1) is 37.8. The highest BCUT2D eigenvalue weighted by molar-refractivity contribution is 5.89. The molecule has 4 amide bonds. The molecule has 4 N–H and O–H groups in total. The van der Waals surface area contributed by atoms with Gasteiger partial charge < -0.3 is 26.0 Å². The zero-order valence-electron chi connectivity index (χ0n) is 22.1. The fourth-order valence-corrected chi connectivity index (χ4v) is 2.23. The van der Waals surface area contributed by atoms with Gasteiger partial charge in [-0.3, -0.25) is 14.4 Å². The predicted molar refractivity (Wildman–Crippen MR) is 137 cm³/mol. The molecular formula is C25H44N4O5. The van der Waals surface area contributed by atoms with E-state index in [1.54, 1.807) is 27.7 Å². The van der Waals surface area contributed by atoms with E-state index in [0.717, 1.165) is 12.3 Å². The molecule has 34 heavy (non-hydrogen) atoms. The number of hydrogen-bond acceptors (Lipinski definition) is 5. The molecule has 0 spiro atoms. The van der Waals surface area contributed by atoms with Crippen LogP contribution in [0.3, 0.4) is 0 Å². The Bertz CT molecular complexity index is 655. The van der Waals surface area contributed by atoms with Crippen LogP contribution in [0.5, 0.6) is 0 Å². The van der Waals surface area contributed by atoms with E-state index < -0.39 is 23.6 Å². The van der Waals surface area contributed by atoms with Gasteiger partial charge in [0.15, 0.2) is 0 Å². The monoisotopic (exact) mass is 480 g/mol. The zero-order valence-corrected chi connectivity index (χ0v) is 22.1. The number of nitrogens with one attached hydrogen (secondary N) is 2. The Morgan fingerprint density at radius 3 is 1.82 bits per heavy atom. The second kappa shape index (κ2) is 21.4. The van der Waals surface area contributed by atoms with Gasteiger partial charge in [-0.25, -0.2) is 4.79 Å². The Balaban J connectivity index is -0.000000248. The molecule has 0 aromatic carbocycles. The lowest BCUT2D eigenvalue weighted by Crippen LogP contribution is -2.48. The first-order chi connectivity index (χ1) is 15.6. The van der Waals surface area contributed by atoms with E-state index in [9.17, 15) is 19.2 Å². The lowest BCUT2D eigenvalue weighted by Gasteiger charge is -2.23. The molecule has 1 fully saturated rings. The van der Waals surface area contributed by atoms with Crippen LogP contribution in [0.1, 0.15) is 68.2 Å². The highest BCUT2D eigenvalue weighted by atomic mass is 16.6. The predicted octanol–water partition coefficient (Wildman–Crippen LogP) is 2.80. The average molecular weight is 481 g/mol. The van der Waals surface area contributed by atoms with E-state index >= 15 is 0 Å². The van der Waals surface area contributed by atoms with Crippen LogP contribution in [0.2, 0.25) is 0 Å². The number of primary amides is 1. The number of rotatable bonds is 4. The van der Waals surface area contributed by atoms with Crippen LogP contribution in [0.15, 0.2) is 12.3 Å². The number of ether oxygens (including phenoxy) is 1. The van der Waals surface area contributed by atoms with E-state index in [-0.39, 0.29) is 18.4 Å². The highest BCUT2D eigenvalue weighted by Gasteiger charge is 2.32. The lowest BCUT2D eigenvalue weighted by molar-refractivity contribution is -0.136. The van der Waals surface area contributed by atoms with E-state index in [4.69, 9.17) is 10.5 Å². The molecule has 0 radical (unpaired) electrons. The van der Waals surface area contributed by atoms with Crippen LogP contribution >= 0.6 is 0 Å². The van der Waals surface area contributed by atoms with Gasteiger partial charge in [0.25, 0.3) is 0 Å². The molecule has 9 nitrogen and oxygen atoms in total. The molecule has 1 heterocycles. The minimum Gasteiger partial charge on any atom is -0.444 e. The van der Waals surface area contributed by atoms with Crippen LogP contribution in [0, 0.1) is 31.6 Å². The van der Waals surface area contributed by atoms with Gasteiger partial charge in [-0.1, -0.05) is 27.4 Å². The maximum Gasteiger partial charge on any atom is 0.408 e. The average Bonchev–Trinajstić information content (AvgIpc) is 3.17. The van der Waals surface area contributed by atoms with Gasteiger partial charge in [0, 0.05) is 19.2 Å². The molecule has 9 heteroatoms. The van der Waals surface area contributed by atoms with Crippen molar-refractivity contribution in [2.24, 2.45) is 11.7 Å². The Hall–Kier alpha value is -3.46. The largest absolute Gasteiger partial charge is 0.444 e. The summed E-state index contributed by atoms with van der Waals surface area (Å²) in [4.78, 5) is 45.9. The van der Waals surface area contributed by atoms with Crippen molar-refractivity contribution in [3.05, 3.63) is 12.3 Å². The number of nitrogens with zero attached hydrogens (tertiary/aromatic N) is 1. The minimum atomic E-state index is -0.657. The molecule has 0 aromatic heterocycles. The summed E-state index contributed by atoms with van der Waals surface area (Å²) in [5, 5.41) is 4.84. The topological polar surface area (TPSA) is 131 Å². The molecule has 1 atom stereocenters. The number of terminal acetylenes is 2. The molecule has 1 saturated heterocycles. The van der Waals surface area contributed by atoms with Crippen molar-refractivity contribution in [3.63, 3.8) is 0 Å². The Kier molecular flexibility index (Phi) is 23.8. The molecule has 194 valence electrons. The van der Waals surface area contributed by atoms with Crippen molar-refractivity contribution in [1.82, 2.24) is 15.5 Å². The standard InChI is InChI=1S/C12H21N3O4.C5H9NO.C4H10.2C2H2/c1-12(2,3)19-11(18)14-7-9(16)15-6-4-5-8(15)10(13)17;1-4(2)6-5(3)7;1-4(2)3;2*1-2/h8H,4-7H2,1-3H3,(H2,13,17)(H,14,18);1H2,2-3H3,(H,6,7);4H,1-3H3;2*1-2H/t8-;;;;/m0..../s1. The fraction of sp³-hybridized carbons (Fsp3) is 0.600. The number of carbonyl (C=O) groups is 4. The minimum absolute atomic E-state index is 0.0625. The molecule has 0 saturated carbocycles. The summed E-state index contributed by atoms with van der Waals surface area (Å²) in [5.41, 5.74) is 5.29. The second-order valence-electron chi connectivity index (χ2n) is 8.70. The van der Waals surface area contributed by atoms with Gasteiger partial charge in [0.1, 0.15) is 18.2 Å². The van der Waals surface area contributed by atoms with Crippen molar-refractivity contribution in [1.29, 1.82) is 0 Å². The van der Waals surface area contributed by atoms with Gasteiger partial charge in [-0.05, 0) is 46.5 Å². The molecule has 0 aromatic rings. The molecule has 1 aliphatic rings. The molecule has 0 bridgehead atoms. The molecule has 1 aliphatic heterocycles. The number of likely N-dealkylation sites (tertiary alicyclic amines) is 1. The summed E-state index contributed by atoms with van der Waals surface area (Å²) in [7, 11) is 0. The Labute approximate surface area is 206 Å². The zero-order chi connectivity index (χ0) is 28.1. The fourth-order valence-electron chi connectivity index (χ4n) is 2.23. The van der Waals surface area contributed by atoms with Crippen LogP contribution in [-0.2, 0) is 19.1 Å². The number of nitrogens with two attached hydrogens (primary N) is 1. The lowest BCUT2D eigenvalue weighted by atomic mass is 10.2. The number of alkyl carbamates (subject to hydrolysis) is 1. The SMILES string of the molecule is C#C.C#C.C=C(C)NC(C)=O.CC(C)(C)OC(=O)NCC(=O)N1CCC[C@H]1C(N)=O.CC(C)C. The summed E-state index contributed by atoms with van der Waals surface area (Å²) < 4.78 is 5.01. The molecule has 0 aliphatic carbocycles. The maximum absolute atomic E-state index is 11.9. The van der Waals surface area contributed by atoms with Crippen molar-refractivity contribution < 1.29 is 23.9 Å². The van der Waals surface area contributed by atoms with E-state index in [2.05, 4.69) is 63.7 Å². The summed E-state index contributed by atoms with van der Waals surface area (Å²) in [6, 6.07) is -0.562. The van der Waals surface area contributed by atoms with E-state index in [0.29, 0.717) is 18.7 Å². The number of allylic oxidation sites excluding steroid dienone is 1. The summed E-state index contributed by atoms with van der Waals surface area (Å²) in [6.45, 7) is 18.6. The number of amides is 4. The Morgan fingerprint density at radius 2 is 1.53 bits per heavy atom. The van der Waals surface area contributed by atoms with E-state index in [1.165, 1.54) is 11.8 Å². The van der Waals surface area contributed by atoms with Crippen molar-refractivity contribution in [3.8, 4) is 25.7 Å². The van der Waals surface area contributed by atoms with Crippen LogP contribution in [-0.4, -0.2) is 53.4 Å². The van der Waals surface area contributed by atoms with Gasteiger partial charge in [-0.2, -0.15) is 0 Å². The summed E-state index contributed by atoms with van der Waals surface area (Å²) in [6.07, 6.45) is 16.7. The van der Waals surface area contributed by atoms with Crippen molar-refractivity contribution in [2.45, 2.75) is 79.9 Å². The smallest absolute Gasteiger partial charge is 0.408 e. The van der Waals surface area contributed by atoms with Crippen molar-refractivity contribution >= 4 is 23.8 Å². The van der Waals surface area contributed by atoms with E-state index in [1.807, 2.05) is 0 Å². The van der Waals surface area contributed by atoms with Gasteiger partial charge in [-0.15, -0.1) is 25.7 Å². The molecular weight excluding hydrogens is 436 g/mol. The van der Waals surface area contributed by atoms with Crippen molar-refractivity contribution in [2.75, 3.05) is 13.1 Å². The van der Waals surface area contributed by atoms with Gasteiger partial charge >= 0.3 is 6.09 Å². The van der Waals surface area contributed by atoms with Crippen LogP contribution in [0.4, 0.5) is 4.79 Å². The second-order valence-corrected chi connectivity index (χ2v) is 8.70. The molecule has 0 unspecified atom stereocenters. The number of hydrogen-bond donors (Lipinski definition) is 3. The highest BCUT2D eigenvalue weighted by Crippen LogP contribution is 2.16. The third-order valence-corrected chi connectivity index (χ3v) is 3.07. The quantitative estimate of drug-likeness (QED) is 0.533. The van der Waals surface area contributed by atoms with Crippen LogP contribution < -0.4 is 16.4 Å². The summed E-state index contributed by atoms with van der Waals surface area (Å²) >= 11 is 0. The normalized spacial score (nSPS) is 13.4. The maximum atomic E-state index is 11.9. The van der Waals surface area contributed by atoms with Gasteiger partial charge in [0.05, 0.1) is 0 Å². The molecule has 1 rings (SSSR count). The number of carbonyl (C=O) groups excluding carboxylic acids is 4. The van der Waals surface area contributed by atoms with Crippen LogP contribution in [0.25, 0.3) is 0 Å². The van der Waals surface area contributed by atoms with Gasteiger partial charge in [0.2, 0.25) is 17.7 Å².